The first-order chi connectivity index (χ1) is 7.97. The van der Waals surface area contributed by atoms with Crippen molar-refractivity contribution in [1.82, 2.24) is 9.55 Å². The Hall–Kier alpha value is -1.22. The van der Waals surface area contributed by atoms with Gasteiger partial charge in [0.2, 0.25) is 5.95 Å². The van der Waals surface area contributed by atoms with Crippen molar-refractivity contribution in [1.29, 1.82) is 0 Å². The fourth-order valence-electron chi connectivity index (χ4n) is 1.79. The summed E-state index contributed by atoms with van der Waals surface area (Å²) in [5.41, 5.74) is 2.04. The number of hydrogen-bond donors (Lipinski definition) is 0. The molecular formula is C13H18ClN3. The van der Waals surface area contributed by atoms with Gasteiger partial charge in [0.15, 0.2) is 0 Å². The minimum Gasteiger partial charge on any atom is -0.339 e. The summed E-state index contributed by atoms with van der Waals surface area (Å²) in [7, 11) is 4.06. The number of aryl methyl sites for hydroxylation is 1. The highest BCUT2D eigenvalue weighted by molar-refractivity contribution is 6.18. The molecule has 1 aromatic carbocycles. The number of para-hydroxylation sites is 2. The lowest BCUT2D eigenvalue weighted by molar-refractivity contribution is 0.529. The number of rotatable bonds is 3. The fourth-order valence-corrected chi connectivity index (χ4v) is 1.97. The first kappa shape index (κ1) is 12.2. The van der Waals surface area contributed by atoms with Crippen LogP contribution in [0.1, 0.15) is 13.8 Å². The van der Waals surface area contributed by atoms with Crippen molar-refractivity contribution in [3.8, 4) is 0 Å². The van der Waals surface area contributed by atoms with Crippen LogP contribution in [0.25, 0.3) is 11.0 Å². The van der Waals surface area contributed by atoms with Gasteiger partial charge in [-0.25, -0.2) is 4.98 Å². The standard InChI is InChI=1S/C13H18ClN3/c1-13(2,9-14)17(4)12-15-10-7-5-6-8-11(10)16(12)3/h5-8H,9H2,1-4H3. The van der Waals surface area contributed by atoms with Crippen LogP contribution >= 0.6 is 11.6 Å². The number of halogens is 1. The van der Waals surface area contributed by atoms with Crippen LogP contribution in [0.2, 0.25) is 0 Å². The predicted octanol–water partition coefficient (Wildman–Crippen LogP) is 3.03. The highest BCUT2D eigenvalue weighted by atomic mass is 35.5. The topological polar surface area (TPSA) is 21.1 Å². The van der Waals surface area contributed by atoms with Crippen LogP contribution in [-0.4, -0.2) is 28.0 Å². The molecule has 0 atom stereocenters. The molecule has 1 heterocycles. The summed E-state index contributed by atoms with van der Waals surface area (Å²) in [6, 6.07) is 8.14. The average Bonchev–Trinajstić information content (AvgIpc) is 2.66. The zero-order valence-electron chi connectivity index (χ0n) is 10.7. The van der Waals surface area contributed by atoms with Gasteiger partial charge in [-0.2, -0.15) is 0 Å². The smallest absolute Gasteiger partial charge is 0.206 e. The van der Waals surface area contributed by atoms with Gasteiger partial charge < -0.3 is 9.47 Å². The van der Waals surface area contributed by atoms with Crippen LogP contribution in [0.3, 0.4) is 0 Å². The molecule has 2 aromatic rings. The second kappa shape index (κ2) is 4.22. The van der Waals surface area contributed by atoms with Crippen molar-refractivity contribution < 1.29 is 0 Å². The van der Waals surface area contributed by atoms with Crippen LogP contribution in [0.15, 0.2) is 24.3 Å². The number of fused-ring (bicyclic) bond motifs is 1. The SMILES string of the molecule is CN(c1nc2ccccc2n1C)C(C)(C)CCl. The molecule has 3 nitrogen and oxygen atoms in total. The van der Waals surface area contributed by atoms with Gasteiger partial charge in [0.1, 0.15) is 0 Å². The number of imidazole rings is 1. The number of benzene rings is 1. The third-order valence-electron chi connectivity index (χ3n) is 3.30. The van der Waals surface area contributed by atoms with Crippen LogP contribution in [0, 0.1) is 0 Å². The van der Waals surface area contributed by atoms with E-state index in [1.165, 1.54) is 0 Å². The van der Waals surface area contributed by atoms with Gasteiger partial charge in [0.05, 0.1) is 16.6 Å². The van der Waals surface area contributed by atoms with Crippen molar-refractivity contribution >= 4 is 28.6 Å². The van der Waals surface area contributed by atoms with Gasteiger partial charge in [-0.15, -0.1) is 11.6 Å². The zero-order chi connectivity index (χ0) is 12.6. The predicted molar refractivity (Wildman–Crippen MR) is 73.9 cm³/mol. The molecule has 0 amide bonds. The molecule has 4 heteroatoms. The normalized spacial score (nSPS) is 12.1. The minimum absolute atomic E-state index is 0.114. The Morgan fingerprint density at radius 1 is 1.35 bits per heavy atom. The molecule has 0 saturated carbocycles. The quantitative estimate of drug-likeness (QED) is 0.782. The number of aromatic nitrogens is 2. The second-order valence-corrected chi connectivity index (χ2v) is 5.23. The van der Waals surface area contributed by atoms with E-state index in [1.807, 2.05) is 32.3 Å². The summed E-state index contributed by atoms with van der Waals surface area (Å²) >= 11 is 6.01. The van der Waals surface area contributed by atoms with Gasteiger partial charge in [-0.3, -0.25) is 0 Å². The van der Waals surface area contributed by atoms with Crippen molar-refractivity contribution in [2.45, 2.75) is 19.4 Å². The molecule has 2 rings (SSSR count). The molecule has 92 valence electrons. The fraction of sp³-hybridized carbons (Fsp3) is 0.462. The van der Waals surface area contributed by atoms with E-state index >= 15 is 0 Å². The molecule has 0 unspecified atom stereocenters. The van der Waals surface area contributed by atoms with Gasteiger partial charge in [-0.1, -0.05) is 12.1 Å². The van der Waals surface area contributed by atoms with Crippen molar-refractivity contribution in [2.75, 3.05) is 17.8 Å². The van der Waals surface area contributed by atoms with Crippen LogP contribution in [0.4, 0.5) is 5.95 Å². The summed E-state index contributed by atoms with van der Waals surface area (Å²) in [6.45, 7) is 4.22. The van der Waals surface area contributed by atoms with Crippen molar-refractivity contribution in [3.05, 3.63) is 24.3 Å². The minimum atomic E-state index is -0.114. The van der Waals surface area contributed by atoms with Gasteiger partial charge in [-0.05, 0) is 26.0 Å². The Morgan fingerprint density at radius 3 is 2.59 bits per heavy atom. The maximum Gasteiger partial charge on any atom is 0.206 e. The Kier molecular flexibility index (Phi) is 3.04. The molecule has 0 aliphatic carbocycles. The maximum atomic E-state index is 6.01. The summed E-state index contributed by atoms with van der Waals surface area (Å²) < 4.78 is 2.10. The molecule has 0 aliphatic heterocycles. The molecule has 0 bridgehead atoms. The van der Waals surface area contributed by atoms with E-state index in [1.54, 1.807) is 0 Å². The van der Waals surface area contributed by atoms with E-state index in [2.05, 4.69) is 34.4 Å². The monoisotopic (exact) mass is 251 g/mol. The Bertz CT molecular complexity index is 530. The summed E-state index contributed by atoms with van der Waals surface area (Å²) in [6.07, 6.45) is 0. The highest BCUT2D eigenvalue weighted by Gasteiger charge is 2.26. The van der Waals surface area contributed by atoms with Crippen LogP contribution < -0.4 is 4.90 Å². The molecule has 0 saturated heterocycles. The number of alkyl halides is 1. The van der Waals surface area contributed by atoms with Gasteiger partial charge >= 0.3 is 0 Å². The van der Waals surface area contributed by atoms with Crippen LogP contribution in [-0.2, 0) is 7.05 Å². The Morgan fingerprint density at radius 2 is 2.00 bits per heavy atom. The second-order valence-electron chi connectivity index (χ2n) is 4.96. The molecule has 0 radical (unpaired) electrons. The number of hydrogen-bond acceptors (Lipinski definition) is 2. The molecule has 0 fully saturated rings. The van der Waals surface area contributed by atoms with E-state index in [-0.39, 0.29) is 5.54 Å². The summed E-state index contributed by atoms with van der Waals surface area (Å²) in [5.74, 6) is 1.50. The van der Waals surface area contributed by atoms with Gasteiger partial charge in [0.25, 0.3) is 0 Å². The van der Waals surface area contributed by atoms with E-state index in [9.17, 15) is 0 Å². The zero-order valence-corrected chi connectivity index (χ0v) is 11.5. The van der Waals surface area contributed by atoms with Gasteiger partial charge in [0, 0.05) is 20.0 Å². The Labute approximate surface area is 107 Å². The number of anilines is 1. The number of nitrogens with zero attached hydrogens (tertiary/aromatic N) is 3. The molecule has 1 aromatic heterocycles. The first-order valence-electron chi connectivity index (χ1n) is 5.68. The largest absolute Gasteiger partial charge is 0.339 e. The van der Waals surface area contributed by atoms with E-state index in [0.717, 1.165) is 17.0 Å². The van der Waals surface area contributed by atoms with Crippen LogP contribution in [0.5, 0.6) is 0 Å². The molecular weight excluding hydrogens is 234 g/mol. The Balaban J connectivity index is 2.53. The molecule has 0 N–H and O–H groups in total. The molecule has 17 heavy (non-hydrogen) atoms. The maximum absolute atomic E-state index is 6.01. The lowest BCUT2D eigenvalue weighted by Crippen LogP contribution is -2.44. The van der Waals surface area contributed by atoms with E-state index < -0.39 is 0 Å². The van der Waals surface area contributed by atoms with E-state index in [4.69, 9.17) is 11.6 Å². The molecule has 0 aliphatic rings. The average molecular weight is 252 g/mol. The third-order valence-corrected chi connectivity index (χ3v) is 3.95. The first-order valence-corrected chi connectivity index (χ1v) is 6.22. The third kappa shape index (κ3) is 2.00. The van der Waals surface area contributed by atoms with E-state index in [0.29, 0.717) is 5.88 Å². The lowest BCUT2D eigenvalue weighted by Gasteiger charge is -2.34. The summed E-state index contributed by atoms with van der Waals surface area (Å²) in [4.78, 5) is 6.78. The highest BCUT2D eigenvalue weighted by Crippen LogP contribution is 2.25. The summed E-state index contributed by atoms with van der Waals surface area (Å²) in [5, 5.41) is 0. The molecule has 0 spiro atoms. The van der Waals surface area contributed by atoms with Crippen molar-refractivity contribution in [3.63, 3.8) is 0 Å². The lowest BCUT2D eigenvalue weighted by atomic mass is 10.1. The van der Waals surface area contributed by atoms with Crippen molar-refractivity contribution in [2.24, 2.45) is 7.05 Å².